The van der Waals surface area contributed by atoms with Gasteiger partial charge in [-0.05, 0) is 30.0 Å². The first kappa shape index (κ1) is 27.4. The van der Waals surface area contributed by atoms with E-state index in [1.807, 2.05) is 16.7 Å². The molecule has 3 rings (SSSR count). The van der Waals surface area contributed by atoms with E-state index < -0.39 is 0 Å². The van der Waals surface area contributed by atoms with Crippen LogP contribution in [0.3, 0.4) is 0 Å². The molecule has 0 unspecified atom stereocenters. The van der Waals surface area contributed by atoms with Gasteiger partial charge in [0.25, 0.3) is 0 Å². The molecule has 0 aliphatic carbocycles. The lowest BCUT2D eigenvalue weighted by molar-refractivity contribution is -0.142. The smallest absolute Gasteiger partial charge is 0.311 e. The largest absolute Gasteiger partial charge is 0.486 e. The predicted octanol–water partition coefficient (Wildman–Crippen LogP) is 4.63. The fourth-order valence-corrected chi connectivity index (χ4v) is 4.63. The van der Waals surface area contributed by atoms with Crippen molar-refractivity contribution in [1.82, 2.24) is 19.7 Å². The molecular weight excluding hydrogens is 498 g/mol. The maximum atomic E-state index is 12.4. The molecule has 0 aliphatic rings. The number of allylic oxidation sites excluding steroid dienone is 1. The van der Waals surface area contributed by atoms with E-state index in [0.29, 0.717) is 35.0 Å². The van der Waals surface area contributed by atoms with E-state index >= 15 is 0 Å². The molecule has 1 amide bonds. The van der Waals surface area contributed by atoms with Crippen LogP contribution in [0, 0.1) is 0 Å². The van der Waals surface area contributed by atoms with Gasteiger partial charge >= 0.3 is 5.97 Å². The summed E-state index contributed by atoms with van der Waals surface area (Å²) in [7, 11) is 0. The Morgan fingerprint density at radius 3 is 2.64 bits per heavy atom. The van der Waals surface area contributed by atoms with Crippen LogP contribution in [0.2, 0.25) is 0 Å². The van der Waals surface area contributed by atoms with Crippen LogP contribution in [-0.4, -0.2) is 44.0 Å². The van der Waals surface area contributed by atoms with Crippen LogP contribution in [-0.2, 0) is 39.3 Å². The SMILES string of the molecule is C=CCn1c(COc2ccc(C(C)(C)C)cc2)nnc1SCC(=O)Nc1nc(CC(=O)OCC)cs1. The van der Waals surface area contributed by atoms with Gasteiger partial charge in [-0.3, -0.25) is 14.2 Å². The van der Waals surface area contributed by atoms with Crippen molar-refractivity contribution in [1.29, 1.82) is 0 Å². The highest BCUT2D eigenvalue weighted by Crippen LogP contribution is 2.25. The Balaban J connectivity index is 1.55. The summed E-state index contributed by atoms with van der Waals surface area (Å²) < 4.78 is 12.7. The standard InChI is InChI=1S/C25H31N5O4S2/c1-6-12-30-20(14-34-19-10-8-17(9-11-19)25(3,4)5)28-29-24(30)36-16-21(31)27-23-26-18(15-35-23)13-22(32)33-7-2/h6,8-11,15H,1,7,12-14,16H2,2-5H3,(H,26,27,31). The third-order valence-electron chi connectivity index (χ3n) is 4.95. The Labute approximate surface area is 219 Å². The van der Waals surface area contributed by atoms with Crippen molar-refractivity contribution in [3.05, 3.63) is 59.4 Å². The summed E-state index contributed by atoms with van der Waals surface area (Å²) in [5.74, 6) is 0.926. The zero-order valence-corrected chi connectivity index (χ0v) is 22.6. The Morgan fingerprint density at radius 2 is 1.97 bits per heavy atom. The number of nitrogens with one attached hydrogen (secondary N) is 1. The first-order valence-electron chi connectivity index (χ1n) is 11.5. The zero-order chi connectivity index (χ0) is 26.1. The van der Waals surface area contributed by atoms with Gasteiger partial charge in [-0.1, -0.05) is 50.7 Å². The van der Waals surface area contributed by atoms with Crippen LogP contribution in [0.1, 0.15) is 44.8 Å². The number of thioether (sulfide) groups is 1. The van der Waals surface area contributed by atoms with Crippen molar-refractivity contribution in [3.63, 3.8) is 0 Å². The lowest BCUT2D eigenvalue weighted by Crippen LogP contribution is -2.15. The van der Waals surface area contributed by atoms with E-state index in [-0.39, 0.29) is 36.1 Å². The van der Waals surface area contributed by atoms with Gasteiger partial charge in [-0.2, -0.15) is 0 Å². The van der Waals surface area contributed by atoms with Gasteiger partial charge < -0.3 is 14.8 Å². The molecule has 0 saturated heterocycles. The Kier molecular flexibility index (Phi) is 9.65. The van der Waals surface area contributed by atoms with E-state index in [9.17, 15) is 9.59 Å². The van der Waals surface area contributed by atoms with Crippen LogP contribution >= 0.6 is 23.1 Å². The molecular formula is C25H31N5O4S2. The van der Waals surface area contributed by atoms with Gasteiger partial charge in [0.15, 0.2) is 16.1 Å². The fraction of sp³-hybridized carbons (Fsp3) is 0.400. The molecule has 2 heterocycles. The number of carbonyl (C=O) groups is 2. The van der Waals surface area contributed by atoms with Gasteiger partial charge in [0.05, 0.1) is 24.5 Å². The average molecular weight is 530 g/mol. The highest BCUT2D eigenvalue weighted by molar-refractivity contribution is 7.99. The van der Waals surface area contributed by atoms with Crippen LogP contribution < -0.4 is 10.1 Å². The monoisotopic (exact) mass is 529 g/mol. The number of carbonyl (C=O) groups excluding carboxylic acids is 2. The molecule has 192 valence electrons. The molecule has 0 saturated carbocycles. The molecule has 2 aromatic heterocycles. The van der Waals surface area contributed by atoms with Gasteiger partial charge in [-0.25, -0.2) is 4.98 Å². The molecule has 1 N–H and O–H groups in total. The fourth-order valence-electron chi connectivity index (χ4n) is 3.13. The van der Waals surface area contributed by atoms with E-state index in [0.717, 1.165) is 5.75 Å². The molecule has 9 nitrogen and oxygen atoms in total. The summed E-state index contributed by atoms with van der Waals surface area (Å²) in [5.41, 5.74) is 1.87. The third kappa shape index (κ3) is 7.92. The lowest BCUT2D eigenvalue weighted by atomic mass is 9.87. The van der Waals surface area contributed by atoms with Gasteiger partial charge in [0, 0.05) is 11.9 Å². The summed E-state index contributed by atoms with van der Waals surface area (Å²) in [5, 5.41) is 14.0. The van der Waals surface area contributed by atoms with Crippen LogP contribution in [0.5, 0.6) is 5.75 Å². The summed E-state index contributed by atoms with van der Waals surface area (Å²) in [6.07, 6.45) is 1.82. The first-order valence-corrected chi connectivity index (χ1v) is 13.3. The van der Waals surface area contributed by atoms with Gasteiger partial charge in [-0.15, -0.1) is 28.1 Å². The normalized spacial score (nSPS) is 11.2. The molecule has 0 fully saturated rings. The summed E-state index contributed by atoms with van der Waals surface area (Å²) >= 11 is 2.52. The predicted molar refractivity (Wildman–Crippen MR) is 141 cm³/mol. The van der Waals surface area contributed by atoms with Crippen LogP contribution in [0.4, 0.5) is 5.13 Å². The van der Waals surface area contributed by atoms with Crippen LogP contribution in [0.15, 0.2) is 47.5 Å². The minimum absolute atomic E-state index is 0.0746. The average Bonchev–Trinajstić information content (AvgIpc) is 3.42. The minimum Gasteiger partial charge on any atom is -0.486 e. The molecule has 0 atom stereocenters. The number of aromatic nitrogens is 4. The number of nitrogens with zero attached hydrogens (tertiary/aromatic N) is 4. The first-order chi connectivity index (χ1) is 17.2. The number of amides is 1. The van der Waals surface area contributed by atoms with Crippen molar-refractivity contribution in [2.45, 2.75) is 57.8 Å². The van der Waals surface area contributed by atoms with Crippen molar-refractivity contribution in [2.75, 3.05) is 17.7 Å². The molecule has 0 aliphatic heterocycles. The summed E-state index contributed by atoms with van der Waals surface area (Å²) in [6.45, 7) is 13.1. The number of esters is 1. The van der Waals surface area contributed by atoms with Crippen molar-refractivity contribution >= 4 is 40.1 Å². The molecule has 36 heavy (non-hydrogen) atoms. The van der Waals surface area contributed by atoms with Crippen molar-refractivity contribution in [3.8, 4) is 5.75 Å². The van der Waals surface area contributed by atoms with E-state index in [2.05, 4.69) is 60.0 Å². The van der Waals surface area contributed by atoms with Gasteiger partial charge in [0.2, 0.25) is 5.91 Å². The number of benzene rings is 1. The van der Waals surface area contributed by atoms with E-state index in [1.165, 1.54) is 28.7 Å². The number of hydrogen-bond donors (Lipinski definition) is 1. The minimum atomic E-state index is -0.348. The molecule has 0 bridgehead atoms. The Morgan fingerprint density at radius 1 is 1.22 bits per heavy atom. The molecule has 0 spiro atoms. The molecule has 3 aromatic rings. The molecule has 0 radical (unpaired) electrons. The quantitative estimate of drug-likeness (QED) is 0.205. The summed E-state index contributed by atoms with van der Waals surface area (Å²) in [6, 6.07) is 8.02. The van der Waals surface area contributed by atoms with Gasteiger partial charge in [0.1, 0.15) is 12.4 Å². The molecule has 11 heteroatoms. The second-order valence-electron chi connectivity index (χ2n) is 8.82. The van der Waals surface area contributed by atoms with Crippen molar-refractivity contribution < 1.29 is 19.1 Å². The molecule has 1 aromatic carbocycles. The van der Waals surface area contributed by atoms with Crippen LogP contribution in [0.25, 0.3) is 0 Å². The number of thiazole rings is 1. The highest BCUT2D eigenvalue weighted by Gasteiger charge is 2.16. The Hall–Kier alpha value is -3.18. The lowest BCUT2D eigenvalue weighted by Gasteiger charge is -2.19. The van der Waals surface area contributed by atoms with E-state index in [4.69, 9.17) is 9.47 Å². The van der Waals surface area contributed by atoms with E-state index in [1.54, 1.807) is 18.4 Å². The third-order valence-corrected chi connectivity index (χ3v) is 6.73. The number of anilines is 1. The maximum absolute atomic E-state index is 12.4. The number of rotatable bonds is 12. The second-order valence-corrected chi connectivity index (χ2v) is 10.6. The summed E-state index contributed by atoms with van der Waals surface area (Å²) in [4.78, 5) is 28.3. The second kappa shape index (κ2) is 12.7. The van der Waals surface area contributed by atoms with Crippen molar-refractivity contribution in [2.24, 2.45) is 0 Å². The number of hydrogen-bond acceptors (Lipinski definition) is 9. The zero-order valence-electron chi connectivity index (χ0n) is 20.9. The topological polar surface area (TPSA) is 108 Å². The highest BCUT2D eigenvalue weighted by atomic mass is 32.2. The maximum Gasteiger partial charge on any atom is 0.311 e. The Bertz CT molecular complexity index is 1180. The number of ether oxygens (including phenoxy) is 2.